The van der Waals surface area contributed by atoms with Gasteiger partial charge in [0.2, 0.25) is 11.8 Å². The Bertz CT molecular complexity index is 1040. The Hall–Kier alpha value is -2.73. The van der Waals surface area contributed by atoms with Crippen LogP contribution in [0.15, 0.2) is 97.1 Å². The Morgan fingerprint density at radius 3 is 1.47 bits per heavy atom. The van der Waals surface area contributed by atoms with E-state index >= 15 is 0 Å². The van der Waals surface area contributed by atoms with Crippen molar-refractivity contribution in [3.05, 3.63) is 112 Å². The summed E-state index contributed by atoms with van der Waals surface area (Å²) in [5, 5.41) is 0. The van der Waals surface area contributed by atoms with E-state index in [2.05, 4.69) is 34.7 Å². The van der Waals surface area contributed by atoms with Crippen molar-refractivity contribution in [2.24, 2.45) is 11.8 Å². The summed E-state index contributed by atoms with van der Waals surface area (Å²) < 4.78 is 1.07. The number of imide groups is 1. The number of anilines is 1. The largest absolute Gasteiger partial charge is 0.274 e. The second kappa shape index (κ2) is 7.84. The summed E-state index contributed by atoms with van der Waals surface area (Å²) >= 11 is 2.23. The van der Waals surface area contributed by atoms with Crippen LogP contribution in [0.4, 0.5) is 5.69 Å². The van der Waals surface area contributed by atoms with E-state index in [1.165, 1.54) is 4.90 Å². The molecule has 3 aromatic rings. The Labute approximate surface area is 189 Å². The number of benzene rings is 3. The quantitative estimate of drug-likeness (QED) is 0.267. The van der Waals surface area contributed by atoms with Crippen LogP contribution >= 0.6 is 22.6 Å². The highest BCUT2D eigenvalue weighted by molar-refractivity contribution is 14.1. The lowest BCUT2D eigenvalue weighted by Gasteiger charge is -2.32. The summed E-state index contributed by atoms with van der Waals surface area (Å²) in [5.41, 5.74) is 2.79. The van der Waals surface area contributed by atoms with E-state index in [1.807, 2.05) is 84.9 Å². The molecule has 3 nitrogen and oxygen atoms in total. The van der Waals surface area contributed by atoms with Crippen LogP contribution in [-0.4, -0.2) is 11.8 Å². The number of fused-ring (bicyclic) bond motifs is 1. The van der Waals surface area contributed by atoms with Gasteiger partial charge >= 0.3 is 0 Å². The SMILES string of the molecule is O=C1[C@@H]2[C@H](C(=O)N1c1ccc(I)cc1)[C@H](c1ccccc1)C=C[C@H]2c1ccccc1. The van der Waals surface area contributed by atoms with Crippen LogP contribution < -0.4 is 4.90 Å². The maximum absolute atomic E-state index is 13.7. The fourth-order valence-corrected chi connectivity index (χ4v) is 5.14. The summed E-state index contributed by atoms with van der Waals surface area (Å²) in [5.74, 6) is -1.25. The Morgan fingerprint density at radius 1 is 0.600 bits per heavy atom. The summed E-state index contributed by atoms with van der Waals surface area (Å²) in [6.45, 7) is 0. The number of hydrogen-bond acceptors (Lipinski definition) is 2. The monoisotopic (exact) mass is 505 g/mol. The zero-order valence-corrected chi connectivity index (χ0v) is 18.3. The first-order valence-electron chi connectivity index (χ1n) is 10.1. The molecule has 1 fully saturated rings. The molecule has 1 aliphatic heterocycles. The molecule has 1 heterocycles. The highest BCUT2D eigenvalue weighted by Crippen LogP contribution is 2.50. The molecule has 1 aliphatic carbocycles. The van der Waals surface area contributed by atoms with E-state index in [-0.39, 0.29) is 23.7 Å². The third-order valence-corrected chi connectivity index (χ3v) is 6.87. The molecule has 0 bridgehead atoms. The molecule has 0 N–H and O–H groups in total. The number of carbonyl (C=O) groups is 2. The Kier molecular flexibility index (Phi) is 5.03. The molecule has 4 atom stereocenters. The lowest BCUT2D eigenvalue weighted by Crippen LogP contribution is -2.31. The highest BCUT2D eigenvalue weighted by Gasteiger charge is 2.55. The average Bonchev–Trinajstić information content (AvgIpc) is 3.06. The topological polar surface area (TPSA) is 37.4 Å². The van der Waals surface area contributed by atoms with Crippen molar-refractivity contribution in [2.75, 3.05) is 4.90 Å². The second-order valence-corrected chi connectivity index (χ2v) is 9.04. The number of rotatable bonds is 3. The van der Waals surface area contributed by atoms with Gasteiger partial charge in [0.05, 0.1) is 17.5 Å². The Morgan fingerprint density at radius 2 is 1.03 bits per heavy atom. The van der Waals surface area contributed by atoms with Crippen LogP contribution in [-0.2, 0) is 9.59 Å². The first kappa shape index (κ1) is 19.2. The molecule has 0 saturated carbocycles. The smallest absolute Gasteiger partial charge is 0.238 e. The predicted molar refractivity (Wildman–Crippen MR) is 126 cm³/mol. The molecule has 0 spiro atoms. The van der Waals surface area contributed by atoms with Crippen LogP contribution in [0.3, 0.4) is 0 Å². The first-order valence-corrected chi connectivity index (χ1v) is 11.1. The van der Waals surface area contributed by atoms with Gasteiger partial charge in [0.25, 0.3) is 0 Å². The number of allylic oxidation sites excluding steroid dienone is 2. The maximum Gasteiger partial charge on any atom is 0.238 e. The zero-order chi connectivity index (χ0) is 20.7. The Balaban J connectivity index is 1.63. The predicted octanol–water partition coefficient (Wildman–Crippen LogP) is 5.53. The van der Waals surface area contributed by atoms with Gasteiger partial charge in [0.1, 0.15) is 0 Å². The van der Waals surface area contributed by atoms with Crippen molar-refractivity contribution in [3.8, 4) is 0 Å². The third-order valence-electron chi connectivity index (χ3n) is 6.15. The third kappa shape index (κ3) is 3.19. The normalized spacial score (nSPS) is 25.4. The van der Waals surface area contributed by atoms with Gasteiger partial charge in [-0.25, -0.2) is 4.90 Å². The van der Waals surface area contributed by atoms with Crippen molar-refractivity contribution >= 4 is 40.1 Å². The van der Waals surface area contributed by atoms with E-state index in [9.17, 15) is 9.59 Å². The van der Waals surface area contributed by atoms with Crippen LogP contribution in [0.1, 0.15) is 23.0 Å². The molecule has 4 heteroatoms. The summed E-state index contributed by atoms with van der Waals surface area (Å²) in [6, 6.07) is 27.6. The van der Waals surface area contributed by atoms with Crippen LogP contribution in [0.2, 0.25) is 0 Å². The molecule has 2 aliphatic rings. The minimum Gasteiger partial charge on any atom is -0.274 e. The lowest BCUT2D eigenvalue weighted by molar-refractivity contribution is -0.122. The van der Waals surface area contributed by atoms with Crippen molar-refractivity contribution in [1.82, 2.24) is 0 Å². The van der Waals surface area contributed by atoms with E-state index in [4.69, 9.17) is 0 Å². The standard InChI is InChI=1S/C26H20INO2/c27-19-11-13-20(14-12-19)28-25(29)23-21(17-7-3-1-4-8-17)15-16-22(24(23)26(28)30)18-9-5-2-6-10-18/h1-16,21-24H/t21-,22-,23-,24+/m0/s1. The minimum absolute atomic E-state index is 0.106. The van der Waals surface area contributed by atoms with Gasteiger partial charge < -0.3 is 0 Å². The maximum atomic E-state index is 13.7. The number of halogens is 1. The number of hydrogen-bond donors (Lipinski definition) is 0. The fraction of sp³-hybridized carbons (Fsp3) is 0.154. The van der Waals surface area contributed by atoms with Crippen LogP contribution in [0.5, 0.6) is 0 Å². The zero-order valence-electron chi connectivity index (χ0n) is 16.2. The van der Waals surface area contributed by atoms with E-state index < -0.39 is 11.8 Å². The molecule has 2 amide bonds. The second-order valence-electron chi connectivity index (χ2n) is 7.80. The molecular weight excluding hydrogens is 485 g/mol. The summed E-state index contributed by atoms with van der Waals surface area (Å²) in [6.07, 6.45) is 4.24. The van der Waals surface area contributed by atoms with Gasteiger partial charge in [-0.15, -0.1) is 0 Å². The summed E-state index contributed by atoms with van der Waals surface area (Å²) in [7, 11) is 0. The molecule has 1 saturated heterocycles. The van der Waals surface area contributed by atoms with Crippen molar-refractivity contribution in [1.29, 1.82) is 0 Å². The summed E-state index contributed by atoms with van der Waals surface area (Å²) in [4.78, 5) is 28.7. The van der Waals surface area contributed by atoms with Gasteiger partial charge in [-0.05, 0) is 58.0 Å². The van der Waals surface area contributed by atoms with Crippen molar-refractivity contribution < 1.29 is 9.59 Å². The van der Waals surface area contributed by atoms with E-state index in [1.54, 1.807) is 0 Å². The molecule has 148 valence electrons. The molecule has 0 radical (unpaired) electrons. The van der Waals surface area contributed by atoms with Crippen molar-refractivity contribution in [2.45, 2.75) is 11.8 Å². The van der Waals surface area contributed by atoms with Gasteiger partial charge in [-0.2, -0.15) is 0 Å². The molecule has 30 heavy (non-hydrogen) atoms. The molecule has 0 aromatic heterocycles. The first-order chi connectivity index (χ1) is 14.6. The van der Waals surface area contributed by atoms with Crippen molar-refractivity contribution in [3.63, 3.8) is 0 Å². The van der Waals surface area contributed by atoms with Gasteiger partial charge in [0, 0.05) is 15.4 Å². The van der Waals surface area contributed by atoms with Crippen LogP contribution in [0.25, 0.3) is 0 Å². The highest BCUT2D eigenvalue weighted by atomic mass is 127. The average molecular weight is 505 g/mol. The fourth-order valence-electron chi connectivity index (χ4n) is 4.78. The van der Waals surface area contributed by atoms with E-state index in [0.717, 1.165) is 14.7 Å². The minimum atomic E-state index is -0.408. The molecule has 5 rings (SSSR count). The number of carbonyl (C=O) groups excluding carboxylic acids is 2. The van der Waals surface area contributed by atoms with Gasteiger partial charge in [0.15, 0.2) is 0 Å². The number of amides is 2. The van der Waals surface area contributed by atoms with Gasteiger partial charge in [-0.1, -0.05) is 72.8 Å². The lowest BCUT2D eigenvalue weighted by atomic mass is 9.68. The molecule has 3 aromatic carbocycles. The number of nitrogens with zero attached hydrogens (tertiary/aromatic N) is 1. The molecule has 0 unspecified atom stereocenters. The van der Waals surface area contributed by atoms with Gasteiger partial charge in [-0.3, -0.25) is 9.59 Å². The molecular formula is C26H20INO2. The van der Waals surface area contributed by atoms with Crippen LogP contribution in [0, 0.1) is 15.4 Å². The van der Waals surface area contributed by atoms with E-state index in [0.29, 0.717) is 5.69 Å².